The van der Waals surface area contributed by atoms with Gasteiger partial charge >= 0.3 is 24.1 Å². The van der Waals surface area contributed by atoms with E-state index < -0.39 is 47.4 Å². The Morgan fingerprint density at radius 2 is 1.39 bits per heavy atom. The molecule has 0 unspecified atom stereocenters. The number of likely N-dealkylation sites (tertiary alicyclic amines) is 1. The summed E-state index contributed by atoms with van der Waals surface area (Å²) < 4.78 is 20.4. The number of methoxy groups -OCH3 is 2. The van der Waals surface area contributed by atoms with Crippen molar-refractivity contribution in [2.75, 3.05) is 14.2 Å². The average Bonchev–Trinajstić information content (AvgIpc) is 3.06. The van der Waals surface area contributed by atoms with Gasteiger partial charge < -0.3 is 18.9 Å². The molecule has 0 aromatic carbocycles. The fourth-order valence-electron chi connectivity index (χ4n) is 2.88. The molecule has 0 saturated carbocycles. The quantitative estimate of drug-likeness (QED) is 0.350. The monoisotopic (exact) mass is 506 g/mol. The summed E-state index contributed by atoms with van der Waals surface area (Å²) in [5.41, 5.74) is -1.87. The number of amides is 2. The second kappa shape index (κ2) is 10.3. The van der Waals surface area contributed by atoms with Gasteiger partial charge in [0, 0.05) is 4.48 Å². The molecule has 0 spiro atoms. The Bertz CT molecular complexity index is 751. The first-order valence-electron chi connectivity index (χ1n) is 9.68. The number of halogens is 1. The van der Waals surface area contributed by atoms with Crippen molar-refractivity contribution in [1.29, 1.82) is 0 Å². The highest BCUT2D eigenvalue weighted by atomic mass is 79.9. The molecule has 1 saturated heterocycles. The first kappa shape index (κ1) is 26.7. The van der Waals surface area contributed by atoms with Gasteiger partial charge in [-0.25, -0.2) is 19.2 Å². The maximum Gasteiger partial charge on any atom is 0.412 e. The zero-order chi connectivity index (χ0) is 24.1. The lowest BCUT2D eigenvalue weighted by Crippen LogP contribution is -2.48. The maximum atomic E-state index is 12.9. The Balaban J connectivity index is 3.38. The number of carbonyl (C=O) groups excluding carboxylic acids is 4. The highest BCUT2D eigenvalue weighted by molar-refractivity contribution is 9.11. The molecule has 1 N–H and O–H groups in total. The average molecular weight is 507 g/mol. The molecule has 0 aliphatic carbocycles. The Morgan fingerprint density at radius 3 is 1.84 bits per heavy atom. The minimum absolute atomic E-state index is 0.141. The first-order chi connectivity index (χ1) is 14.1. The van der Waals surface area contributed by atoms with Crippen molar-refractivity contribution >= 4 is 40.1 Å². The summed E-state index contributed by atoms with van der Waals surface area (Å²) in [5.74, 6) is -1.48. The van der Waals surface area contributed by atoms with Gasteiger partial charge in [-0.2, -0.15) is 0 Å². The van der Waals surface area contributed by atoms with Crippen molar-refractivity contribution < 1.29 is 38.1 Å². The SMILES string of the molecule is COC(=O)/C(NC(=O)OC(C)(C)C)=C(\Br)[C@H]1CC[C@@H](C(=O)OC)N1C(=O)OC(C)(C)C. The van der Waals surface area contributed by atoms with Crippen LogP contribution in [0.3, 0.4) is 0 Å². The van der Waals surface area contributed by atoms with Crippen molar-refractivity contribution in [3.63, 3.8) is 0 Å². The highest BCUT2D eigenvalue weighted by Crippen LogP contribution is 2.35. The Kier molecular flexibility index (Phi) is 8.92. The van der Waals surface area contributed by atoms with Gasteiger partial charge in [0.2, 0.25) is 0 Å². The van der Waals surface area contributed by atoms with Crippen LogP contribution in [0, 0.1) is 0 Å². The third-order valence-electron chi connectivity index (χ3n) is 4.01. The molecule has 0 aromatic heterocycles. The summed E-state index contributed by atoms with van der Waals surface area (Å²) in [6.07, 6.45) is -1.07. The molecule has 1 fully saturated rings. The summed E-state index contributed by atoms with van der Waals surface area (Å²) >= 11 is 3.31. The molecule has 10 nitrogen and oxygen atoms in total. The van der Waals surface area contributed by atoms with E-state index in [9.17, 15) is 19.2 Å². The molecule has 1 aliphatic heterocycles. The summed E-state index contributed by atoms with van der Waals surface area (Å²) in [5, 5.41) is 2.37. The number of esters is 2. The van der Waals surface area contributed by atoms with Crippen LogP contribution < -0.4 is 5.32 Å². The topological polar surface area (TPSA) is 120 Å². The number of rotatable bonds is 4. The van der Waals surface area contributed by atoms with Gasteiger partial charge in [0.05, 0.1) is 20.3 Å². The summed E-state index contributed by atoms with van der Waals surface area (Å²) in [6, 6.07) is -1.71. The van der Waals surface area contributed by atoms with Crippen LogP contribution in [0.25, 0.3) is 0 Å². The predicted molar refractivity (Wildman–Crippen MR) is 114 cm³/mol. The fourth-order valence-corrected chi connectivity index (χ4v) is 3.59. The maximum absolute atomic E-state index is 12.9. The summed E-state index contributed by atoms with van der Waals surface area (Å²) in [7, 11) is 2.37. The van der Waals surface area contributed by atoms with Crippen LogP contribution in [0.5, 0.6) is 0 Å². The van der Waals surface area contributed by atoms with Crippen LogP contribution in [-0.2, 0) is 28.5 Å². The van der Waals surface area contributed by atoms with E-state index >= 15 is 0 Å². The van der Waals surface area contributed by atoms with E-state index in [0.717, 1.165) is 7.11 Å². The van der Waals surface area contributed by atoms with Crippen molar-refractivity contribution in [2.45, 2.75) is 77.7 Å². The van der Waals surface area contributed by atoms with Crippen LogP contribution in [-0.4, -0.2) is 66.5 Å². The smallest absolute Gasteiger partial charge is 0.412 e. The number of ether oxygens (including phenoxy) is 4. The molecular formula is C20H31BrN2O8. The molecule has 2 amide bonds. The number of nitrogens with zero attached hydrogens (tertiary/aromatic N) is 1. The minimum atomic E-state index is -0.919. The molecular weight excluding hydrogens is 476 g/mol. The van der Waals surface area contributed by atoms with Crippen molar-refractivity contribution in [3.8, 4) is 0 Å². The number of alkyl carbamates (subject to hydrolysis) is 1. The largest absolute Gasteiger partial charge is 0.467 e. The van der Waals surface area contributed by atoms with E-state index in [4.69, 9.17) is 18.9 Å². The van der Waals surface area contributed by atoms with E-state index in [-0.39, 0.29) is 16.6 Å². The molecule has 11 heteroatoms. The van der Waals surface area contributed by atoms with Gasteiger partial charge in [-0.1, -0.05) is 15.9 Å². The Labute approximate surface area is 190 Å². The van der Waals surface area contributed by atoms with Crippen LogP contribution in [0.1, 0.15) is 54.4 Å². The standard InChI is InChI=1S/C20H31BrN2O8/c1-19(2,3)30-17(26)22-14(16(25)29-8)13(21)11-9-10-12(15(24)28-7)23(11)18(27)31-20(4,5)6/h11-12H,9-10H2,1-8H3,(H,22,26)/b14-13+/t11-,12+/m1/s1. The van der Waals surface area contributed by atoms with E-state index in [1.807, 2.05) is 0 Å². The van der Waals surface area contributed by atoms with Crippen LogP contribution in [0.2, 0.25) is 0 Å². The Hall–Kier alpha value is -2.30. The van der Waals surface area contributed by atoms with Gasteiger partial charge in [0.15, 0.2) is 0 Å². The van der Waals surface area contributed by atoms with E-state index in [0.29, 0.717) is 6.42 Å². The molecule has 0 bridgehead atoms. The summed E-state index contributed by atoms with van der Waals surface area (Å²) in [4.78, 5) is 51.0. The van der Waals surface area contributed by atoms with Crippen LogP contribution >= 0.6 is 15.9 Å². The predicted octanol–water partition coefficient (Wildman–Crippen LogP) is 3.23. The second-order valence-electron chi connectivity index (χ2n) is 8.86. The zero-order valence-corrected chi connectivity index (χ0v) is 20.7. The molecule has 31 heavy (non-hydrogen) atoms. The Morgan fingerprint density at radius 1 is 0.871 bits per heavy atom. The third kappa shape index (κ3) is 7.71. The zero-order valence-electron chi connectivity index (χ0n) is 19.2. The molecule has 0 aromatic rings. The van der Waals surface area contributed by atoms with Gasteiger partial charge in [-0.3, -0.25) is 10.2 Å². The lowest BCUT2D eigenvalue weighted by atomic mass is 10.1. The number of nitrogens with one attached hydrogen (secondary N) is 1. The van der Waals surface area contributed by atoms with Crippen LogP contribution in [0.15, 0.2) is 10.2 Å². The van der Waals surface area contributed by atoms with Crippen molar-refractivity contribution in [3.05, 3.63) is 10.2 Å². The molecule has 1 rings (SSSR count). The van der Waals surface area contributed by atoms with Crippen molar-refractivity contribution in [1.82, 2.24) is 10.2 Å². The van der Waals surface area contributed by atoms with Crippen LogP contribution in [0.4, 0.5) is 9.59 Å². The third-order valence-corrected chi connectivity index (χ3v) is 4.93. The number of hydrogen-bond donors (Lipinski definition) is 1. The van der Waals surface area contributed by atoms with Gasteiger partial charge in [-0.05, 0) is 54.4 Å². The van der Waals surface area contributed by atoms with Gasteiger partial charge in [0.1, 0.15) is 22.9 Å². The molecule has 1 aliphatic rings. The molecule has 1 heterocycles. The van der Waals surface area contributed by atoms with Crippen molar-refractivity contribution in [2.24, 2.45) is 0 Å². The normalized spacial score (nSPS) is 19.8. The minimum Gasteiger partial charge on any atom is -0.467 e. The molecule has 176 valence electrons. The second-order valence-corrected chi connectivity index (χ2v) is 9.72. The highest BCUT2D eigenvalue weighted by Gasteiger charge is 2.46. The lowest BCUT2D eigenvalue weighted by molar-refractivity contribution is -0.146. The van der Waals surface area contributed by atoms with E-state index in [1.165, 1.54) is 12.0 Å². The van der Waals surface area contributed by atoms with Gasteiger partial charge in [-0.15, -0.1) is 0 Å². The fraction of sp³-hybridized carbons (Fsp3) is 0.700. The van der Waals surface area contributed by atoms with E-state index in [1.54, 1.807) is 41.5 Å². The lowest BCUT2D eigenvalue weighted by Gasteiger charge is -2.32. The van der Waals surface area contributed by atoms with Gasteiger partial charge in [0.25, 0.3) is 0 Å². The number of carbonyl (C=O) groups is 4. The molecule has 0 radical (unpaired) electrons. The summed E-state index contributed by atoms with van der Waals surface area (Å²) in [6.45, 7) is 10.1. The van der Waals surface area contributed by atoms with E-state index in [2.05, 4.69) is 21.2 Å². The number of hydrogen-bond acceptors (Lipinski definition) is 8. The molecule has 2 atom stereocenters. The first-order valence-corrected chi connectivity index (χ1v) is 10.5.